The minimum Gasteiger partial charge on any atom is -0.356 e. The van der Waals surface area contributed by atoms with Crippen molar-refractivity contribution in [1.29, 1.82) is 0 Å². The fourth-order valence-electron chi connectivity index (χ4n) is 3.28. The van der Waals surface area contributed by atoms with Crippen LogP contribution in [0.15, 0.2) is 29.2 Å². The third-order valence-corrected chi connectivity index (χ3v) is 6.56. The van der Waals surface area contributed by atoms with Crippen molar-refractivity contribution in [3.8, 4) is 0 Å². The lowest BCUT2D eigenvalue weighted by atomic mass is 9.81. The molecule has 0 aliphatic carbocycles. The second-order valence-corrected chi connectivity index (χ2v) is 8.03. The first-order valence-corrected chi connectivity index (χ1v) is 8.68. The quantitative estimate of drug-likeness (QED) is 0.886. The number of carbonyl (C=O) groups is 1. The molecule has 0 radical (unpaired) electrons. The molecular formula is C15H20N2O3S. The van der Waals surface area contributed by atoms with Crippen molar-refractivity contribution in [2.24, 2.45) is 17.8 Å². The van der Waals surface area contributed by atoms with Gasteiger partial charge in [-0.25, -0.2) is 8.42 Å². The lowest BCUT2D eigenvalue weighted by molar-refractivity contribution is -0.128. The number of rotatable bonds is 2. The summed E-state index contributed by atoms with van der Waals surface area (Å²) in [5, 5.41) is 2.86. The maximum Gasteiger partial charge on any atom is 0.243 e. The van der Waals surface area contributed by atoms with E-state index in [1.54, 1.807) is 12.1 Å². The van der Waals surface area contributed by atoms with Gasteiger partial charge in [-0.15, -0.1) is 0 Å². The van der Waals surface area contributed by atoms with Crippen molar-refractivity contribution >= 4 is 15.9 Å². The molecule has 21 heavy (non-hydrogen) atoms. The number of carbonyl (C=O) groups excluding carboxylic acids is 1. The molecule has 0 aromatic heterocycles. The first-order valence-electron chi connectivity index (χ1n) is 7.24. The fraction of sp³-hybridized carbons (Fsp3) is 0.533. The van der Waals surface area contributed by atoms with Crippen LogP contribution in [-0.4, -0.2) is 38.3 Å². The topological polar surface area (TPSA) is 66.5 Å². The molecule has 3 atom stereocenters. The van der Waals surface area contributed by atoms with E-state index in [0.29, 0.717) is 24.5 Å². The van der Waals surface area contributed by atoms with E-state index in [0.717, 1.165) is 5.56 Å². The molecule has 0 bridgehead atoms. The Balaban J connectivity index is 1.85. The van der Waals surface area contributed by atoms with Gasteiger partial charge in [0.05, 0.1) is 4.90 Å². The number of sulfonamides is 1. The highest BCUT2D eigenvalue weighted by molar-refractivity contribution is 7.89. The minimum atomic E-state index is -3.46. The maximum atomic E-state index is 12.7. The number of hydrogen-bond acceptors (Lipinski definition) is 3. The Morgan fingerprint density at radius 3 is 2.52 bits per heavy atom. The van der Waals surface area contributed by atoms with Gasteiger partial charge >= 0.3 is 0 Å². The van der Waals surface area contributed by atoms with E-state index in [2.05, 4.69) is 5.32 Å². The van der Waals surface area contributed by atoms with Gasteiger partial charge in [0.25, 0.3) is 0 Å². The van der Waals surface area contributed by atoms with E-state index < -0.39 is 10.0 Å². The Hall–Kier alpha value is -1.40. The van der Waals surface area contributed by atoms with Crippen molar-refractivity contribution < 1.29 is 13.2 Å². The van der Waals surface area contributed by atoms with Gasteiger partial charge in [-0.05, 0) is 30.9 Å². The van der Waals surface area contributed by atoms with Crippen LogP contribution >= 0.6 is 0 Å². The summed E-state index contributed by atoms with van der Waals surface area (Å²) in [6, 6.07) is 6.92. The molecule has 1 amide bonds. The molecule has 2 aliphatic rings. The van der Waals surface area contributed by atoms with Crippen LogP contribution in [0.25, 0.3) is 0 Å². The number of piperidine rings is 1. The Kier molecular flexibility index (Phi) is 3.53. The van der Waals surface area contributed by atoms with Gasteiger partial charge in [0.1, 0.15) is 0 Å². The highest BCUT2D eigenvalue weighted by atomic mass is 32.2. The smallest absolute Gasteiger partial charge is 0.243 e. The Morgan fingerprint density at radius 2 is 1.86 bits per heavy atom. The average molecular weight is 308 g/mol. The van der Waals surface area contributed by atoms with Gasteiger partial charge in [0.2, 0.25) is 15.9 Å². The Bertz CT molecular complexity index is 654. The molecule has 2 aliphatic heterocycles. The van der Waals surface area contributed by atoms with Crippen LogP contribution in [0.5, 0.6) is 0 Å². The molecule has 0 saturated carbocycles. The number of aryl methyl sites for hydroxylation is 1. The van der Waals surface area contributed by atoms with Crippen molar-refractivity contribution in [2.45, 2.75) is 18.7 Å². The molecule has 2 fully saturated rings. The molecule has 6 heteroatoms. The van der Waals surface area contributed by atoms with E-state index in [9.17, 15) is 13.2 Å². The number of nitrogens with one attached hydrogen (secondary N) is 1. The zero-order valence-corrected chi connectivity index (χ0v) is 13.1. The van der Waals surface area contributed by atoms with Gasteiger partial charge in [0.15, 0.2) is 0 Å². The summed E-state index contributed by atoms with van der Waals surface area (Å²) in [5.41, 5.74) is 1.03. The third kappa shape index (κ3) is 2.46. The van der Waals surface area contributed by atoms with Crippen LogP contribution in [0.3, 0.4) is 0 Å². The standard InChI is InChI=1S/C15H20N2O3S/c1-10-3-5-13(6-4-10)21(19,20)17-8-12-7-16-15(18)11(2)14(12)9-17/h3-6,11-12,14H,7-9H2,1-2H3,(H,16,18)/t11-,12+,14+/m1/s1. The van der Waals surface area contributed by atoms with Gasteiger partial charge in [-0.2, -0.15) is 4.31 Å². The first-order chi connectivity index (χ1) is 9.89. The zero-order chi connectivity index (χ0) is 15.2. The van der Waals surface area contributed by atoms with Gasteiger partial charge < -0.3 is 5.32 Å². The predicted molar refractivity (Wildman–Crippen MR) is 79.1 cm³/mol. The Labute approximate surface area is 125 Å². The fourth-order valence-corrected chi connectivity index (χ4v) is 4.81. The van der Waals surface area contributed by atoms with Crippen LogP contribution in [0.4, 0.5) is 0 Å². The average Bonchev–Trinajstić information content (AvgIpc) is 2.89. The van der Waals surface area contributed by atoms with E-state index in [4.69, 9.17) is 0 Å². The molecule has 2 saturated heterocycles. The lowest BCUT2D eigenvalue weighted by Crippen LogP contribution is -2.46. The molecular weight excluding hydrogens is 288 g/mol. The van der Waals surface area contributed by atoms with Gasteiger partial charge in [-0.3, -0.25) is 4.79 Å². The van der Waals surface area contributed by atoms with E-state index in [1.165, 1.54) is 4.31 Å². The predicted octanol–water partition coefficient (Wildman–Crippen LogP) is 0.998. The summed E-state index contributed by atoms with van der Waals surface area (Å²) >= 11 is 0. The number of hydrogen-bond donors (Lipinski definition) is 1. The highest BCUT2D eigenvalue weighted by Crippen LogP contribution is 2.35. The molecule has 3 rings (SSSR count). The van der Waals surface area contributed by atoms with Crippen LogP contribution in [0.1, 0.15) is 12.5 Å². The summed E-state index contributed by atoms with van der Waals surface area (Å²) in [7, 11) is -3.46. The summed E-state index contributed by atoms with van der Waals surface area (Å²) in [5.74, 6) is 0.254. The van der Waals surface area contributed by atoms with Crippen molar-refractivity contribution in [1.82, 2.24) is 9.62 Å². The molecule has 0 unspecified atom stereocenters. The molecule has 1 aromatic rings. The molecule has 1 aromatic carbocycles. The first kappa shape index (κ1) is 14.5. The van der Waals surface area contributed by atoms with Crippen molar-refractivity contribution in [3.63, 3.8) is 0 Å². The number of fused-ring (bicyclic) bond motifs is 1. The summed E-state index contributed by atoms with van der Waals surface area (Å²) in [4.78, 5) is 12.1. The monoisotopic (exact) mass is 308 g/mol. The van der Waals surface area contributed by atoms with Crippen LogP contribution in [0, 0.1) is 24.7 Å². The van der Waals surface area contributed by atoms with Crippen LogP contribution in [0.2, 0.25) is 0 Å². The third-order valence-electron chi connectivity index (χ3n) is 4.71. The second-order valence-electron chi connectivity index (χ2n) is 6.09. The van der Waals surface area contributed by atoms with E-state index in [-0.39, 0.29) is 23.7 Å². The van der Waals surface area contributed by atoms with Gasteiger partial charge in [0, 0.05) is 25.6 Å². The van der Waals surface area contributed by atoms with E-state index >= 15 is 0 Å². The van der Waals surface area contributed by atoms with Crippen LogP contribution < -0.4 is 5.32 Å². The van der Waals surface area contributed by atoms with Crippen molar-refractivity contribution in [2.75, 3.05) is 19.6 Å². The number of benzene rings is 1. The maximum absolute atomic E-state index is 12.7. The summed E-state index contributed by atoms with van der Waals surface area (Å²) < 4.78 is 26.9. The van der Waals surface area contributed by atoms with Crippen LogP contribution in [-0.2, 0) is 14.8 Å². The molecule has 114 valence electrons. The molecule has 2 heterocycles. The molecule has 1 N–H and O–H groups in total. The molecule has 0 spiro atoms. The largest absolute Gasteiger partial charge is 0.356 e. The number of amides is 1. The lowest BCUT2D eigenvalue weighted by Gasteiger charge is -2.29. The number of nitrogens with zero attached hydrogens (tertiary/aromatic N) is 1. The molecule has 5 nitrogen and oxygen atoms in total. The zero-order valence-electron chi connectivity index (χ0n) is 12.2. The summed E-state index contributed by atoms with van der Waals surface area (Å²) in [6.45, 7) is 5.32. The SMILES string of the molecule is Cc1ccc(S(=O)(=O)N2C[C@@H]3CNC(=O)[C@H](C)[C@@H]3C2)cc1. The highest BCUT2D eigenvalue weighted by Gasteiger charge is 2.45. The second kappa shape index (κ2) is 5.10. The summed E-state index contributed by atoms with van der Waals surface area (Å²) in [6.07, 6.45) is 0. The Morgan fingerprint density at radius 1 is 1.19 bits per heavy atom. The van der Waals surface area contributed by atoms with Crippen molar-refractivity contribution in [3.05, 3.63) is 29.8 Å². The normalized spacial score (nSPS) is 30.0. The van der Waals surface area contributed by atoms with E-state index in [1.807, 2.05) is 26.0 Å². The van der Waals surface area contributed by atoms with Gasteiger partial charge in [-0.1, -0.05) is 24.6 Å². The minimum absolute atomic E-state index is 0.0332.